The maximum atomic E-state index is 11.7. The molecule has 0 saturated carbocycles. The normalized spacial score (nSPS) is 17.6. The molecule has 1 atom stereocenters. The monoisotopic (exact) mass is 475 g/mol. The summed E-state index contributed by atoms with van der Waals surface area (Å²) in [6.45, 7) is 4.48. The van der Waals surface area contributed by atoms with E-state index in [0.29, 0.717) is 28.2 Å². The summed E-state index contributed by atoms with van der Waals surface area (Å²) in [6, 6.07) is 11.5. The molecule has 0 spiro atoms. The number of halogens is 3. The highest BCUT2D eigenvalue weighted by atomic mass is 35.5. The molecular weight excluding hydrogens is 453 g/mol. The number of hydrogen-bond donors (Lipinski definition) is 0. The lowest BCUT2D eigenvalue weighted by atomic mass is 10.1. The summed E-state index contributed by atoms with van der Waals surface area (Å²) in [5.74, 6) is 0. The van der Waals surface area contributed by atoms with Crippen LogP contribution in [-0.2, 0) is 27.7 Å². The van der Waals surface area contributed by atoms with Gasteiger partial charge in [0.15, 0.2) is 0 Å². The molecule has 1 saturated heterocycles. The molecule has 0 aliphatic carbocycles. The molecular formula is C20H24Cl3N3O2S. The van der Waals surface area contributed by atoms with E-state index in [1.807, 2.05) is 12.1 Å². The molecule has 1 unspecified atom stereocenters. The van der Waals surface area contributed by atoms with Crippen LogP contribution < -0.4 is 4.90 Å². The van der Waals surface area contributed by atoms with E-state index in [4.69, 9.17) is 34.8 Å². The maximum Gasteiger partial charge on any atom is 0.122 e. The van der Waals surface area contributed by atoms with E-state index in [1.54, 1.807) is 19.2 Å². The largest absolute Gasteiger partial charge is 0.598 e. The van der Waals surface area contributed by atoms with Crippen molar-refractivity contribution in [2.45, 2.75) is 13.1 Å². The molecule has 0 bridgehead atoms. The molecule has 9 heteroatoms. The SMILES string of the molecule is CN(Cc1cccc(N2CCN(Cc3c(Cl)ccc(Cl)c3Cl)CC2)c1)[S+](C)(=O)[O-]. The van der Waals surface area contributed by atoms with Crippen molar-refractivity contribution in [2.75, 3.05) is 44.4 Å². The van der Waals surface area contributed by atoms with Gasteiger partial charge in [0.25, 0.3) is 0 Å². The van der Waals surface area contributed by atoms with Crippen LogP contribution in [-0.4, -0.2) is 53.2 Å². The number of nitrogens with zero attached hydrogens (tertiary/aromatic N) is 3. The Balaban J connectivity index is 1.62. The predicted octanol–water partition coefficient (Wildman–Crippen LogP) is 4.58. The van der Waals surface area contributed by atoms with E-state index in [1.165, 1.54) is 10.6 Å². The van der Waals surface area contributed by atoms with Gasteiger partial charge in [-0.3, -0.25) is 4.90 Å². The maximum absolute atomic E-state index is 11.7. The Morgan fingerprint density at radius 3 is 2.38 bits per heavy atom. The topological polar surface area (TPSA) is 49.8 Å². The number of piperazine rings is 1. The Morgan fingerprint density at radius 1 is 1.07 bits per heavy atom. The lowest BCUT2D eigenvalue weighted by molar-refractivity contribution is 0.250. The summed E-state index contributed by atoms with van der Waals surface area (Å²) in [5, 5.41) is 1.66. The van der Waals surface area contributed by atoms with Gasteiger partial charge in [0.05, 0.1) is 16.6 Å². The molecule has 1 aliphatic rings. The van der Waals surface area contributed by atoms with E-state index < -0.39 is 10.4 Å². The van der Waals surface area contributed by atoms with Crippen LogP contribution in [0.15, 0.2) is 36.4 Å². The van der Waals surface area contributed by atoms with E-state index in [2.05, 4.69) is 21.9 Å². The van der Waals surface area contributed by atoms with Crippen LogP contribution in [0.3, 0.4) is 0 Å². The molecule has 2 aromatic rings. The molecule has 158 valence electrons. The smallest absolute Gasteiger partial charge is 0.122 e. The number of anilines is 1. The number of benzene rings is 2. The second kappa shape index (κ2) is 9.52. The molecule has 29 heavy (non-hydrogen) atoms. The summed E-state index contributed by atoms with van der Waals surface area (Å²) >= 11 is 18.8. The van der Waals surface area contributed by atoms with Crippen LogP contribution in [0.5, 0.6) is 0 Å². The van der Waals surface area contributed by atoms with Gasteiger partial charge < -0.3 is 9.45 Å². The van der Waals surface area contributed by atoms with Gasteiger partial charge in [-0.25, -0.2) is 0 Å². The highest BCUT2D eigenvalue weighted by Gasteiger charge is 2.21. The highest BCUT2D eigenvalue weighted by Crippen LogP contribution is 2.32. The lowest BCUT2D eigenvalue weighted by Gasteiger charge is -2.36. The van der Waals surface area contributed by atoms with Crippen molar-refractivity contribution in [1.29, 1.82) is 0 Å². The first-order valence-corrected chi connectivity index (χ1v) is 12.2. The van der Waals surface area contributed by atoms with Gasteiger partial charge >= 0.3 is 0 Å². The molecule has 3 rings (SSSR count). The molecule has 0 N–H and O–H groups in total. The zero-order valence-corrected chi connectivity index (χ0v) is 19.5. The van der Waals surface area contributed by atoms with Crippen molar-refractivity contribution in [3.8, 4) is 0 Å². The summed E-state index contributed by atoms with van der Waals surface area (Å²) in [6.07, 6.45) is 1.22. The van der Waals surface area contributed by atoms with Gasteiger partial charge in [-0.1, -0.05) is 51.1 Å². The fourth-order valence-electron chi connectivity index (χ4n) is 3.33. The lowest BCUT2D eigenvalue weighted by Crippen LogP contribution is -2.46. The van der Waals surface area contributed by atoms with Gasteiger partial charge in [-0.15, -0.1) is 4.31 Å². The van der Waals surface area contributed by atoms with Crippen molar-refractivity contribution in [1.82, 2.24) is 9.21 Å². The van der Waals surface area contributed by atoms with E-state index in [9.17, 15) is 8.76 Å². The zero-order chi connectivity index (χ0) is 21.2. The van der Waals surface area contributed by atoms with E-state index >= 15 is 0 Å². The first-order chi connectivity index (χ1) is 13.6. The average molecular weight is 477 g/mol. The Labute approximate surface area is 188 Å². The van der Waals surface area contributed by atoms with Gasteiger partial charge in [0.1, 0.15) is 16.7 Å². The fourth-order valence-corrected chi connectivity index (χ4v) is 4.38. The zero-order valence-electron chi connectivity index (χ0n) is 16.4. The van der Waals surface area contributed by atoms with Crippen LogP contribution >= 0.6 is 34.8 Å². The standard InChI is InChI=1S/C20H24Cl3N3O2S/c1-24(29(2,27)28)13-15-4-3-5-16(12-15)26-10-8-25(9-11-26)14-17-18(21)6-7-19(22)20(17)23/h3-7,12H,8-11,13-14H2,1-2H3. The van der Waals surface area contributed by atoms with Crippen LogP contribution in [0.2, 0.25) is 15.1 Å². The average Bonchev–Trinajstić information content (AvgIpc) is 2.68. The molecule has 1 heterocycles. The Hall–Kier alpha value is -0.860. The van der Waals surface area contributed by atoms with Crippen molar-refractivity contribution in [2.24, 2.45) is 0 Å². The summed E-state index contributed by atoms with van der Waals surface area (Å²) in [4.78, 5) is 4.61. The third-order valence-electron chi connectivity index (χ3n) is 5.14. The third-order valence-corrected chi connectivity index (χ3v) is 7.60. The van der Waals surface area contributed by atoms with E-state index in [-0.39, 0.29) is 0 Å². The third kappa shape index (κ3) is 5.85. The van der Waals surface area contributed by atoms with Crippen molar-refractivity contribution in [3.05, 3.63) is 62.6 Å². The minimum Gasteiger partial charge on any atom is -0.598 e. The fraction of sp³-hybridized carbons (Fsp3) is 0.400. The van der Waals surface area contributed by atoms with Crippen LogP contribution in [0, 0.1) is 0 Å². The molecule has 0 aromatic heterocycles. The summed E-state index contributed by atoms with van der Waals surface area (Å²) in [5.41, 5.74) is 2.93. The van der Waals surface area contributed by atoms with Gasteiger partial charge in [-0.05, 0) is 29.8 Å². The predicted molar refractivity (Wildman–Crippen MR) is 122 cm³/mol. The van der Waals surface area contributed by atoms with Crippen LogP contribution in [0.4, 0.5) is 5.69 Å². The second-order valence-electron chi connectivity index (χ2n) is 7.27. The van der Waals surface area contributed by atoms with Crippen molar-refractivity contribution < 1.29 is 8.76 Å². The van der Waals surface area contributed by atoms with Crippen LogP contribution in [0.25, 0.3) is 0 Å². The van der Waals surface area contributed by atoms with Gasteiger partial charge in [-0.2, -0.15) is 0 Å². The summed E-state index contributed by atoms with van der Waals surface area (Å²) < 4.78 is 24.7. The van der Waals surface area contributed by atoms with Crippen molar-refractivity contribution >= 4 is 50.9 Å². The second-order valence-corrected chi connectivity index (χ2v) is 10.6. The Kier molecular flexibility index (Phi) is 7.49. The minimum absolute atomic E-state index is 0.360. The Morgan fingerprint density at radius 2 is 1.72 bits per heavy atom. The van der Waals surface area contributed by atoms with Gasteiger partial charge in [0.2, 0.25) is 0 Å². The minimum atomic E-state index is -3.20. The molecule has 0 radical (unpaired) electrons. The Bertz CT molecular complexity index is 914. The molecule has 2 aromatic carbocycles. The molecule has 5 nitrogen and oxygen atoms in total. The summed E-state index contributed by atoms with van der Waals surface area (Å²) in [7, 11) is -1.61. The highest BCUT2D eigenvalue weighted by molar-refractivity contribution is 7.94. The number of sulfonamides is 1. The van der Waals surface area contributed by atoms with E-state index in [0.717, 1.165) is 43.0 Å². The first-order valence-electron chi connectivity index (χ1n) is 9.25. The first kappa shape index (κ1) is 22.8. The molecule has 0 amide bonds. The molecule has 1 aliphatic heterocycles. The van der Waals surface area contributed by atoms with Crippen LogP contribution in [0.1, 0.15) is 11.1 Å². The number of rotatable bonds is 6. The van der Waals surface area contributed by atoms with Gasteiger partial charge in [0, 0.05) is 56.0 Å². The molecule has 1 fully saturated rings. The van der Waals surface area contributed by atoms with Crippen molar-refractivity contribution in [3.63, 3.8) is 0 Å². The number of hydrogen-bond acceptors (Lipinski definition) is 4. The quantitative estimate of drug-likeness (QED) is 0.452.